The second-order valence-electron chi connectivity index (χ2n) is 11.7. The number of amides is 1. The Morgan fingerprint density at radius 2 is 1.95 bits per heavy atom. The highest BCUT2D eigenvalue weighted by atomic mass is 35.5. The van der Waals surface area contributed by atoms with Crippen molar-refractivity contribution in [2.45, 2.75) is 39.0 Å². The maximum Gasteiger partial charge on any atom is 0.410 e. The van der Waals surface area contributed by atoms with Gasteiger partial charge in [0.1, 0.15) is 42.5 Å². The van der Waals surface area contributed by atoms with Crippen LogP contribution in [0.5, 0.6) is 17.2 Å². The number of fused-ring (bicyclic) bond motifs is 2. The van der Waals surface area contributed by atoms with E-state index in [2.05, 4.69) is 20.9 Å². The second kappa shape index (κ2) is 11.7. The maximum absolute atomic E-state index is 12.9. The van der Waals surface area contributed by atoms with Gasteiger partial charge in [-0.3, -0.25) is 0 Å². The molecule has 226 valence electrons. The zero-order chi connectivity index (χ0) is 31.0. The Bertz CT molecular complexity index is 1770. The van der Waals surface area contributed by atoms with Crippen molar-refractivity contribution < 1.29 is 23.7 Å². The second-order valence-corrected chi connectivity index (χ2v) is 12.0. The Labute approximate surface area is 260 Å². The molecule has 3 aromatic carbocycles. The fourth-order valence-electron chi connectivity index (χ4n) is 5.54. The molecule has 0 aliphatic carbocycles. The van der Waals surface area contributed by atoms with Gasteiger partial charge >= 0.3 is 6.09 Å². The van der Waals surface area contributed by atoms with Crippen LogP contribution in [0.1, 0.15) is 31.9 Å². The quantitative estimate of drug-likeness (QED) is 0.259. The van der Waals surface area contributed by atoms with E-state index in [0.29, 0.717) is 69.6 Å². The number of nitrogens with zero attached hydrogens (tertiary/aromatic N) is 5. The summed E-state index contributed by atoms with van der Waals surface area (Å²) in [4.78, 5) is 25.9. The Morgan fingerprint density at radius 3 is 2.68 bits per heavy atom. The molecule has 1 saturated heterocycles. The molecule has 2 aliphatic rings. The molecular formula is C33H32ClN5O5. The van der Waals surface area contributed by atoms with Crippen molar-refractivity contribution >= 4 is 34.4 Å². The number of aromatic nitrogens is 2. The number of hydrogen-bond donors (Lipinski definition) is 0. The summed E-state index contributed by atoms with van der Waals surface area (Å²) in [5, 5.41) is 11.1. The number of anilines is 1. The third-order valence-electron chi connectivity index (χ3n) is 7.60. The SMILES string of the molecule is COc1ccc(COc2cccc(C#N)c2-c2cc3ncnc4c3c(c2Cl)OC[C@@H]2CN(C(=O)OC(C)(C)C)CCN42)cc1. The first-order valence-corrected chi connectivity index (χ1v) is 14.7. The van der Waals surface area contributed by atoms with E-state index in [1.54, 1.807) is 24.1 Å². The van der Waals surface area contributed by atoms with E-state index in [4.69, 9.17) is 30.5 Å². The molecular weight excluding hydrogens is 582 g/mol. The average molecular weight is 614 g/mol. The van der Waals surface area contributed by atoms with Crippen molar-refractivity contribution in [1.29, 1.82) is 5.26 Å². The zero-order valence-electron chi connectivity index (χ0n) is 25.0. The van der Waals surface area contributed by atoms with Gasteiger partial charge in [0.15, 0.2) is 5.75 Å². The Kier molecular flexibility index (Phi) is 7.82. The predicted octanol–water partition coefficient (Wildman–Crippen LogP) is 6.23. The molecule has 3 heterocycles. The summed E-state index contributed by atoms with van der Waals surface area (Å²) in [7, 11) is 1.62. The molecule has 2 aliphatic heterocycles. The molecule has 6 rings (SSSR count). The van der Waals surface area contributed by atoms with Crippen molar-refractivity contribution in [3.8, 4) is 34.4 Å². The van der Waals surface area contributed by atoms with Gasteiger partial charge in [0.25, 0.3) is 0 Å². The molecule has 11 heteroatoms. The van der Waals surface area contributed by atoms with Crippen LogP contribution in [0.25, 0.3) is 22.0 Å². The first-order chi connectivity index (χ1) is 21.2. The van der Waals surface area contributed by atoms with Crippen LogP contribution in [0.2, 0.25) is 5.02 Å². The summed E-state index contributed by atoms with van der Waals surface area (Å²) in [6, 6.07) is 16.9. The van der Waals surface area contributed by atoms with Gasteiger partial charge in [-0.2, -0.15) is 5.26 Å². The summed E-state index contributed by atoms with van der Waals surface area (Å²) >= 11 is 7.14. The Hall–Kier alpha value is -4.75. The lowest BCUT2D eigenvalue weighted by molar-refractivity contribution is 0.0202. The van der Waals surface area contributed by atoms with Crippen LogP contribution < -0.4 is 19.1 Å². The summed E-state index contributed by atoms with van der Waals surface area (Å²) in [6.07, 6.45) is 1.15. The number of carbonyl (C=O) groups is 1. The number of methoxy groups -OCH3 is 1. The maximum atomic E-state index is 12.9. The van der Waals surface area contributed by atoms with Crippen LogP contribution in [0.3, 0.4) is 0 Å². The summed E-state index contributed by atoms with van der Waals surface area (Å²) in [5.41, 5.74) is 2.48. The van der Waals surface area contributed by atoms with Gasteiger partial charge in [-0.1, -0.05) is 29.8 Å². The van der Waals surface area contributed by atoms with Crippen molar-refractivity contribution in [1.82, 2.24) is 14.9 Å². The van der Waals surface area contributed by atoms with Gasteiger partial charge in [-0.15, -0.1) is 0 Å². The molecule has 0 spiro atoms. The molecule has 1 aromatic heterocycles. The minimum Gasteiger partial charge on any atom is -0.497 e. The van der Waals surface area contributed by atoms with E-state index in [9.17, 15) is 10.1 Å². The molecule has 10 nitrogen and oxygen atoms in total. The smallest absolute Gasteiger partial charge is 0.410 e. The molecule has 44 heavy (non-hydrogen) atoms. The highest BCUT2D eigenvalue weighted by molar-refractivity contribution is 6.36. The molecule has 0 saturated carbocycles. The number of carbonyl (C=O) groups excluding carboxylic acids is 1. The van der Waals surface area contributed by atoms with E-state index in [0.717, 1.165) is 11.3 Å². The van der Waals surface area contributed by atoms with Gasteiger partial charge in [0.2, 0.25) is 0 Å². The zero-order valence-corrected chi connectivity index (χ0v) is 25.7. The van der Waals surface area contributed by atoms with Crippen molar-refractivity contribution in [3.05, 3.63) is 71.0 Å². The minimum absolute atomic E-state index is 0.184. The monoisotopic (exact) mass is 613 g/mol. The van der Waals surface area contributed by atoms with Gasteiger partial charge < -0.3 is 28.7 Å². The van der Waals surface area contributed by atoms with E-state index >= 15 is 0 Å². The van der Waals surface area contributed by atoms with E-state index in [1.807, 2.05) is 57.2 Å². The number of hydrogen-bond acceptors (Lipinski definition) is 9. The molecule has 0 N–H and O–H groups in total. The average Bonchev–Trinajstić information content (AvgIpc) is 3.18. The fraction of sp³-hybridized carbons (Fsp3) is 0.333. The molecule has 1 atom stereocenters. The number of nitriles is 1. The van der Waals surface area contributed by atoms with E-state index in [-0.39, 0.29) is 25.3 Å². The lowest BCUT2D eigenvalue weighted by Gasteiger charge is -2.41. The molecule has 1 fully saturated rings. The summed E-state index contributed by atoms with van der Waals surface area (Å²) in [5.74, 6) is 2.38. The lowest BCUT2D eigenvalue weighted by atomic mass is 9.97. The number of rotatable bonds is 5. The number of ether oxygens (including phenoxy) is 4. The van der Waals surface area contributed by atoms with Crippen LogP contribution in [-0.2, 0) is 11.3 Å². The van der Waals surface area contributed by atoms with Crippen LogP contribution >= 0.6 is 11.6 Å². The molecule has 4 aromatic rings. The number of piperazine rings is 1. The third kappa shape index (κ3) is 5.63. The highest BCUT2D eigenvalue weighted by Crippen LogP contribution is 2.48. The standard InChI is InChI=1S/C33H32ClN5O5/c1-33(2,3)44-32(40)38-12-13-39-22(16-38)18-43-30-28-25(36-19-37-31(28)39)14-24(29(30)34)27-21(15-35)6-5-7-26(27)42-17-20-8-10-23(41-4)11-9-20/h5-11,14,19,22H,12-13,16-18H2,1-4H3/t22-/m0/s1. The van der Waals surface area contributed by atoms with Crippen LogP contribution in [-0.4, -0.2) is 66.0 Å². The first-order valence-electron chi connectivity index (χ1n) is 14.3. The summed E-state index contributed by atoms with van der Waals surface area (Å²) < 4.78 is 23.5. The van der Waals surface area contributed by atoms with Crippen molar-refractivity contribution in [2.75, 3.05) is 38.3 Å². The van der Waals surface area contributed by atoms with Gasteiger partial charge in [0, 0.05) is 30.8 Å². The first kappa shape index (κ1) is 29.3. The molecule has 0 bridgehead atoms. The number of benzene rings is 3. The van der Waals surface area contributed by atoms with E-state index < -0.39 is 5.60 Å². The molecule has 0 radical (unpaired) electrons. The predicted molar refractivity (Wildman–Crippen MR) is 166 cm³/mol. The van der Waals surface area contributed by atoms with Crippen LogP contribution in [0, 0.1) is 11.3 Å². The normalized spacial score (nSPS) is 16.0. The van der Waals surface area contributed by atoms with Crippen molar-refractivity contribution in [2.24, 2.45) is 0 Å². The number of halogens is 1. The van der Waals surface area contributed by atoms with Crippen LogP contribution in [0.4, 0.5) is 10.6 Å². The van der Waals surface area contributed by atoms with E-state index in [1.165, 1.54) is 6.33 Å². The molecule has 0 unspecified atom stereocenters. The minimum atomic E-state index is -0.593. The highest BCUT2D eigenvalue weighted by Gasteiger charge is 2.37. The largest absolute Gasteiger partial charge is 0.497 e. The Morgan fingerprint density at radius 1 is 1.16 bits per heavy atom. The Balaban J connectivity index is 1.37. The van der Waals surface area contributed by atoms with Gasteiger partial charge in [-0.05, 0) is 56.7 Å². The topological polar surface area (TPSA) is 110 Å². The van der Waals surface area contributed by atoms with Crippen molar-refractivity contribution in [3.63, 3.8) is 0 Å². The van der Waals surface area contributed by atoms with Gasteiger partial charge in [0.05, 0.1) is 40.7 Å². The van der Waals surface area contributed by atoms with Gasteiger partial charge in [-0.25, -0.2) is 14.8 Å². The molecule has 1 amide bonds. The summed E-state index contributed by atoms with van der Waals surface area (Å²) in [6.45, 7) is 7.50. The fourth-order valence-corrected chi connectivity index (χ4v) is 5.84. The van der Waals surface area contributed by atoms with Crippen LogP contribution in [0.15, 0.2) is 54.9 Å². The lowest BCUT2D eigenvalue weighted by Crippen LogP contribution is -2.57. The third-order valence-corrected chi connectivity index (χ3v) is 7.97.